The van der Waals surface area contributed by atoms with E-state index in [2.05, 4.69) is 5.32 Å². The molecule has 1 aliphatic heterocycles. The second-order valence-corrected chi connectivity index (χ2v) is 3.73. The lowest BCUT2D eigenvalue weighted by Crippen LogP contribution is -2.20. The number of hydrogen-bond donors (Lipinski definition) is 1. The molecule has 0 radical (unpaired) electrons. The average molecular weight is 219 g/mol. The molecule has 0 bridgehead atoms. The van der Waals surface area contributed by atoms with Gasteiger partial charge in [0, 0.05) is 24.1 Å². The summed E-state index contributed by atoms with van der Waals surface area (Å²) >= 11 is 0. The van der Waals surface area contributed by atoms with Gasteiger partial charge in [-0.25, -0.2) is 0 Å². The molecule has 0 saturated heterocycles. The lowest BCUT2D eigenvalue weighted by Gasteiger charge is -2.15. The van der Waals surface area contributed by atoms with Crippen molar-refractivity contribution in [2.75, 3.05) is 19.0 Å². The highest BCUT2D eigenvalue weighted by molar-refractivity contribution is 6.04. The van der Waals surface area contributed by atoms with Gasteiger partial charge in [0.2, 0.25) is 0 Å². The molecule has 1 aromatic rings. The first kappa shape index (κ1) is 10.7. The smallest absolute Gasteiger partial charge is 0.165 e. The third-order valence-electron chi connectivity index (χ3n) is 2.63. The van der Waals surface area contributed by atoms with E-state index in [-0.39, 0.29) is 24.5 Å². The van der Waals surface area contributed by atoms with E-state index in [1.807, 2.05) is 0 Å². The van der Waals surface area contributed by atoms with Gasteiger partial charge in [0.15, 0.2) is 11.6 Å². The number of carbonyl (C=O) groups excluding carboxylic acids is 2. The van der Waals surface area contributed by atoms with Gasteiger partial charge in [-0.15, -0.1) is 0 Å². The number of nitrogens with one attached hydrogen (secondary N) is 1. The number of carbonyl (C=O) groups is 2. The SMILES string of the molecule is COc1ccc2c(c1)C(=O)CCC(=O)CN2. The van der Waals surface area contributed by atoms with Gasteiger partial charge in [0.1, 0.15) is 5.75 Å². The topological polar surface area (TPSA) is 55.4 Å². The fourth-order valence-corrected chi connectivity index (χ4v) is 1.71. The lowest BCUT2D eigenvalue weighted by atomic mass is 10.0. The molecule has 1 heterocycles. The molecular formula is C12H13NO3. The van der Waals surface area contributed by atoms with Gasteiger partial charge in [-0.3, -0.25) is 9.59 Å². The zero-order valence-electron chi connectivity index (χ0n) is 9.08. The van der Waals surface area contributed by atoms with Crippen LogP contribution in [0, 0.1) is 0 Å². The molecular weight excluding hydrogens is 206 g/mol. The van der Waals surface area contributed by atoms with E-state index in [4.69, 9.17) is 4.74 Å². The third-order valence-corrected chi connectivity index (χ3v) is 2.63. The van der Waals surface area contributed by atoms with E-state index in [1.54, 1.807) is 25.3 Å². The van der Waals surface area contributed by atoms with Crippen molar-refractivity contribution < 1.29 is 14.3 Å². The van der Waals surface area contributed by atoms with Gasteiger partial charge in [-0.2, -0.15) is 0 Å². The molecule has 0 unspecified atom stereocenters. The van der Waals surface area contributed by atoms with E-state index >= 15 is 0 Å². The lowest BCUT2D eigenvalue weighted by molar-refractivity contribution is -0.117. The summed E-state index contributed by atoms with van der Waals surface area (Å²) in [6, 6.07) is 5.25. The molecule has 1 N–H and O–H groups in total. The number of anilines is 1. The van der Waals surface area contributed by atoms with Crippen molar-refractivity contribution in [1.29, 1.82) is 0 Å². The Morgan fingerprint density at radius 1 is 1.25 bits per heavy atom. The quantitative estimate of drug-likeness (QED) is 0.780. The van der Waals surface area contributed by atoms with E-state index in [9.17, 15) is 9.59 Å². The molecule has 84 valence electrons. The average Bonchev–Trinajstić information content (AvgIpc) is 2.31. The largest absolute Gasteiger partial charge is 0.497 e. The van der Waals surface area contributed by atoms with Gasteiger partial charge < -0.3 is 10.1 Å². The summed E-state index contributed by atoms with van der Waals surface area (Å²) in [5.74, 6) is 0.699. The summed E-state index contributed by atoms with van der Waals surface area (Å²) in [7, 11) is 1.56. The van der Waals surface area contributed by atoms with Crippen LogP contribution in [0.15, 0.2) is 18.2 Å². The molecule has 4 heteroatoms. The van der Waals surface area contributed by atoms with E-state index in [0.29, 0.717) is 23.4 Å². The number of benzene rings is 1. The van der Waals surface area contributed by atoms with Crippen molar-refractivity contribution >= 4 is 17.3 Å². The van der Waals surface area contributed by atoms with E-state index in [1.165, 1.54) is 0 Å². The number of Topliss-reactive ketones (excluding diaryl/α,β-unsaturated/α-hetero) is 2. The molecule has 0 spiro atoms. The molecule has 1 aromatic carbocycles. The number of rotatable bonds is 1. The van der Waals surface area contributed by atoms with E-state index < -0.39 is 0 Å². The molecule has 16 heavy (non-hydrogen) atoms. The van der Waals surface area contributed by atoms with Crippen molar-refractivity contribution in [2.45, 2.75) is 12.8 Å². The van der Waals surface area contributed by atoms with Crippen LogP contribution in [0.3, 0.4) is 0 Å². The van der Waals surface area contributed by atoms with E-state index in [0.717, 1.165) is 0 Å². The first-order valence-electron chi connectivity index (χ1n) is 5.17. The molecule has 0 fully saturated rings. The number of ketones is 2. The first-order chi connectivity index (χ1) is 7.70. The summed E-state index contributed by atoms with van der Waals surface area (Å²) in [4.78, 5) is 23.1. The number of methoxy groups -OCH3 is 1. The van der Waals surface area contributed by atoms with Gasteiger partial charge >= 0.3 is 0 Å². The van der Waals surface area contributed by atoms with Gasteiger partial charge in [0.05, 0.1) is 13.7 Å². The fraction of sp³-hybridized carbons (Fsp3) is 0.333. The maximum atomic E-state index is 11.8. The van der Waals surface area contributed by atoms with Crippen LogP contribution >= 0.6 is 0 Å². The van der Waals surface area contributed by atoms with Crippen LogP contribution in [0.1, 0.15) is 23.2 Å². The Labute approximate surface area is 93.6 Å². The van der Waals surface area contributed by atoms with Gasteiger partial charge in [-0.1, -0.05) is 0 Å². The minimum absolute atomic E-state index is 0.0190. The minimum atomic E-state index is -0.0190. The summed E-state index contributed by atoms with van der Waals surface area (Å²) in [5.41, 5.74) is 1.31. The van der Waals surface area contributed by atoms with Gasteiger partial charge in [0.25, 0.3) is 0 Å². The maximum Gasteiger partial charge on any atom is 0.165 e. The highest BCUT2D eigenvalue weighted by Gasteiger charge is 2.17. The van der Waals surface area contributed by atoms with Crippen molar-refractivity contribution in [3.63, 3.8) is 0 Å². The van der Waals surface area contributed by atoms with Crippen LogP contribution in [0.5, 0.6) is 5.75 Å². The molecule has 0 aromatic heterocycles. The summed E-state index contributed by atoms with van der Waals surface area (Å²) in [5, 5.41) is 2.97. The third kappa shape index (κ3) is 2.05. The first-order valence-corrected chi connectivity index (χ1v) is 5.17. The predicted molar refractivity (Wildman–Crippen MR) is 60.1 cm³/mol. The Morgan fingerprint density at radius 2 is 2.06 bits per heavy atom. The monoisotopic (exact) mass is 219 g/mol. The Morgan fingerprint density at radius 3 is 2.81 bits per heavy atom. The fourth-order valence-electron chi connectivity index (χ4n) is 1.71. The van der Waals surface area contributed by atoms with Crippen molar-refractivity contribution in [3.05, 3.63) is 23.8 Å². The van der Waals surface area contributed by atoms with Crippen molar-refractivity contribution in [2.24, 2.45) is 0 Å². The maximum absolute atomic E-state index is 11.8. The Kier molecular flexibility index (Phi) is 2.90. The zero-order chi connectivity index (χ0) is 11.5. The predicted octanol–water partition coefficient (Wildman–Crippen LogP) is 1.65. The van der Waals surface area contributed by atoms with Crippen LogP contribution in [-0.2, 0) is 4.79 Å². The number of fused-ring (bicyclic) bond motifs is 1. The molecule has 0 aliphatic carbocycles. The van der Waals surface area contributed by atoms with Crippen LogP contribution in [0.2, 0.25) is 0 Å². The molecule has 0 saturated carbocycles. The summed E-state index contributed by atoms with van der Waals surface area (Å²) in [6.45, 7) is 0.284. The molecule has 1 aliphatic rings. The van der Waals surface area contributed by atoms with Crippen LogP contribution < -0.4 is 10.1 Å². The van der Waals surface area contributed by atoms with Crippen LogP contribution in [0.25, 0.3) is 0 Å². The van der Waals surface area contributed by atoms with Gasteiger partial charge in [-0.05, 0) is 18.2 Å². The van der Waals surface area contributed by atoms with Crippen molar-refractivity contribution in [3.8, 4) is 5.75 Å². The Bertz CT molecular complexity index is 440. The Balaban J connectivity index is 2.39. The standard InChI is InChI=1S/C12H13NO3/c1-16-9-3-4-11-10(6-9)12(15)5-2-8(14)7-13-11/h3-4,6,13H,2,5,7H2,1H3. The Hall–Kier alpha value is -1.84. The van der Waals surface area contributed by atoms with Crippen LogP contribution in [-0.4, -0.2) is 25.2 Å². The molecule has 2 rings (SSSR count). The highest BCUT2D eigenvalue weighted by Crippen LogP contribution is 2.25. The summed E-state index contributed by atoms with van der Waals surface area (Å²) in [6.07, 6.45) is 0.586. The zero-order valence-corrected chi connectivity index (χ0v) is 9.08. The van der Waals surface area contributed by atoms with Crippen molar-refractivity contribution in [1.82, 2.24) is 0 Å². The molecule has 0 amide bonds. The minimum Gasteiger partial charge on any atom is -0.497 e. The highest BCUT2D eigenvalue weighted by atomic mass is 16.5. The molecule has 0 atom stereocenters. The second kappa shape index (κ2) is 4.35. The van der Waals surface area contributed by atoms with Crippen LogP contribution in [0.4, 0.5) is 5.69 Å². The summed E-state index contributed by atoms with van der Waals surface area (Å²) < 4.78 is 5.07. The number of ether oxygens (including phenoxy) is 1. The normalized spacial score (nSPS) is 15.8. The molecule has 4 nitrogen and oxygen atoms in total. The second-order valence-electron chi connectivity index (χ2n) is 3.73. The number of hydrogen-bond acceptors (Lipinski definition) is 4.